The number of benzene rings is 1. The normalized spacial score (nSPS) is 9.90. The second-order valence-electron chi connectivity index (χ2n) is 4.07. The Bertz CT molecular complexity index is 592. The molecule has 0 aliphatic rings. The van der Waals surface area contributed by atoms with Crippen molar-refractivity contribution in [2.45, 2.75) is 6.92 Å². The van der Waals surface area contributed by atoms with Crippen LogP contribution in [-0.4, -0.2) is 23.0 Å². The average Bonchev–Trinajstić information content (AvgIpc) is 2.44. The highest BCUT2D eigenvalue weighted by Gasteiger charge is 2.06. The van der Waals surface area contributed by atoms with E-state index < -0.39 is 0 Å². The molecule has 0 saturated heterocycles. The molecular weight excluding hydrogens is 258 g/mol. The monoisotopic (exact) mass is 273 g/mol. The Morgan fingerprint density at radius 2 is 1.95 bits per heavy atom. The highest BCUT2D eigenvalue weighted by molar-refractivity contribution is 5.94. The smallest absolute Gasteiger partial charge is 0.269 e. The molecule has 20 heavy (non-hydrogen) atoms. The van der Waals surface area contributed by atoms with E-state index in [4.69, 9.17) is 10.5 Å². The molecule has 4 N–H and O–H groups in total. The van der Waals surface area contributed by atoms with E-state index in [1.807, 2.05) is 0 Å². The quantitative estimate of drug-likeness (QED) is 0.722. The van der Waals surface area contributed by atoms with Crippen molar-refractivity contribution >= 4 is 17.7 Å². The largest absolute Gasteiger partial charge is 0.497 e. The van der Waals surface area contributed by atoms with Crippen LogP contribution < -0.4 is 21.3 Å². The van der Waals surface area contributed by atoms with Gasteiger partial charge in [-0.1, -0.05) is 0 Å². The molecule has 0 unspecified atom stereocenters. The SMILES string of the molecule is COc1ccc(C(=O)NNc2nc(C)cc(N)n2)cc1. The molecule has 1 heterocycles. The maximum atomic E-state index is 11.9. The molecule has 7 nitrogen and oxygen atoms in total. The lowest BCUT2D eigenvalue weighted by Crippen LogP contribution is -2.30. The van der Waals surface area contributed by atoms with Crippen LogP contribution in [0.1, 0.15) is 16.1 Å². The van der Waals surface area contributed by atoms with Crippen molar-refractivity contribution < 1.29 is 9.53 Å². The van der Waals surface area contributed by atoms with Gasteiger partial charge in [-0.15, -0.1) is 0 Å². The predicted octanol–water partition coefficient (Wildman–Crippen LogP) is 1.13. The minimum absolute atomic E-state index is 0.240. The minimum atomic E-state index is -0.309. The summed E-state index contributed by atoms with van der Waals surface area (Å²) < 4.78 is 5.02. The highest BCUT2D eigenvalue weighted by Crippen LogP contribution is 2.11. The van der Waals surface area contributed by atoms with Crippen LogP contribution in [0, 0.1) is 6.92 Å². The fourth-order valence-electron chi connectivity index (χ4n) is 1.58. The molecule has 7 heteroatoms. The number of nitrogen functional groups attached to an aromatic ring is 1. The van der Waals surface area contributed by atoms with Crippen molar-refractivity contribution in [3.63, 3.8) is 0 Å². The maximum absolute atomic E-state index is 11.9. The van der Waals surface area contributed by atoms with E-state index in [9.17, 15) is 4.79 Å². The molecule has 104 valence electrons. The number of rotatable bonds is 4. The van der Waals surface area contributed by atoms with Gasteiger partial charge in [0.1, 0.15) is 11.6 Å². The molecule has 1 aromatic carbocycles. The maximum Gasteiger partial charge on any atom is 0.269 e. The number of ether oxygens (including phenoxy) is 1. The van der Waals surface area contributed by atoms with Gasteiger partial charge in [0.2, 0.25) is 5.95 Å². The van der Waals surface area contributed by atoms with Crippen molar-refractivity contribution in [2.24, 2.45) is 0 Å². The molecule has 2 aromatic rings. The molecule has 0 aliphatic carbocycles. The number of anilines is 2. The minimum Gasteiger partial charge on any atom is -0.497 e. The third-order valence-corrected chi connectivity index (χ3v) is 2.51. The third-order valence-electron chi connectivity index (χ3n) is 2.51. The molecule has 0 atom stereocenters. The van der Waals surface area contributed by atoms with Crippen molar-refractivity contribution in [1.29, 1.82) is 0 Å². The summed E-state index contributed by atoms with van der Waals surface area (Å²) in [4.78, 5) is 19.9. The topological polar surface area (TPSA) is 102 Å². The molecule has 0 bridgehead atoms. The van der Waals surface area contributed by atoms with Crippen LogP contribution in [0.5, 0.6) is 5.75 Å². The Labute approximate surface area is 116 Å². The van der Waals surface area contributed by atoms with Gasteiger partial charge < -0.3 is 10.5 Å². The first-order chi connectivity index (χ1) is 9.58. The van der Waals surface area contributed by atoms with E-state index in [2.05, 4.69) is 20.8 Å². The van der Waals surface area contributed by atoms with Gasteiger partial charge in [0, 0.05) is 17.3 Å². The predicted molar refractivity (Wildman–Crippen MR) is 75.3 cm³/mol. The second-order valence-corrected chi connectivity index (χ2v) is 4.07. The van der Waals surface area contributed by atoms with Crippen molar-refractivity contribution in [3.8, 4) is 5.75 Å². The van der Waals surface area contributed by atoms with Gasteiger partial charge in [-0.25, -0.2) is 4.98 Å². The standard InChI is InChI=1S/C13H15N5O2/c1-8-7-11(14)16-13(15-8)18-17-12(19)9-3-5-10(20-2)6-4-9/h3-7H,1-2H3,(H,17,19)(H3,14,15,16,18). The van der Waals surface area contributed by atoms with Crippen LogP contribution in [0.2, 0.25) is 0 Å². The summed E-state index contributed by atoms with van der Waals surface area (Å²) in [6, 6.07) is 8.35. The number of hydrazine groups is 1. The van der Waals surface area contributed by atoms with Crippen molar-refractivity contribution in [3.05, 3.63) is 41.6 Å². The Hall–Kier alpha value is -2.83. The summed E-state index contributed by atoms with van der Waals surface area (Å²) in [6.45, 7) is 1.79. The molecule has 0 spiro atoms. The van der Waals surface area contributed by atoms with E-state index >= 15 is 0 Å². The zero-order valence-electron chi connectivity index (χ0n) is 11.2. The summed E-state index contributed by atoms with van der Waals surface area (Å²) in [7, 11) is 1.57. The van der Waals surface area contributed by atoms with Gasteiger partial charge in [0.05, 0.1) is 7.11 Å². The van der Waals surface area contributed by atoms with Gasteiger partial charge in [-0.2, -0.15) is 4.98 Å². The number of hydrogen-bond donors (Lipinski definition) is 3. The van der Waals surface area contributed by atoms with Gasteiger partial charge >= 0.3 is 0 Å². The summed E-state index contributed by atoms with van der Waals surface area (Å²) in [5.41, 5.74) is 11.9. The highest BCUT2D eigenvalue weighted by atomic mass is 16.5. The second kappa shape index (κ2) is 5.87. The van der Waals surface area contributed by atoms with Crippen LogP contribution in [0.4, 0.5) is 11.8 Å². The molecule has 1 aromatic heterocycles. The van der Waals surface area contributed by atoms with E-state index in [0.717, 1.165) is 0 Å². The summed E-state index contributed by atoms with van der Waals surface area (Å²) in [5.74, 6) is 0.948. The number of carbonyl (C=O) groups excluding carboxylic acids is 1. The first-order valence-electron chi connectivity index (χ1n) is 5.90. The summed E-state index contributed by atoms with van der Waals surface area (Å²) in [6.07, 6.45) is 0. The van der Waals surface area contributed by atoms with E-state index in [1.165, 1.54) is 0 Å². The van der Waals surface area contributed by atoms with E-state index in [-0.39, 0.29) is 11.9 Å². The molecular formula is C13H15N5O2. The number of nitrogens with two attached hydrogens (primary N) is 1. The number of amides is 1. The Morgan fingerprint density at radius 3 is 2.55 bits per heavy atom. The zero-order chi connectivity index (χ0) is 14.5. The lowest BCUT2D eigenvalue weighted by Gasteiger charge is -2.08. The van der Waals surface area contributed by atoms with E-state index in [1.54, 1.807) is 44.4 Å². The molecule has 0 fully saturated rings. The molecule has 0 saturated carbocycles. The number of hydrogen-bond acceptors (Lipinski definition) is 6. The number of carbonyl (C=O) groups is 1. The van der Waals surface area contributed by atoms with Gasteiger partial charge in [0.15, 0.2) is 0 Å². The lowest BCUT2D eigenvalue weighted by atomic mass is 10.2. The van der Waals surface area contributed by atoms with Crippen molar-refractivity contribution in [1.82, 2.24) is 15.4 Å². The molecule has 0 aliphatic heterocycles. The summed E-state index contributed by atoms with van der Waals surface area (Å²) >= 11 is 0. The first-order valence-corrected chi connectivity index (χ1v) is 5.90. The number of aromatic nitrogens is 2. The molecule has 0 radical (unpaired) electrons. The van der Waals surface area contributed by atoms with Gasteiger partial charge in [-0.3, -0.25) is 15.6 Å². The zero-order valence-corrected chi connectivity index (χ0v) is 11.2. The summed E-state index contributed by atoms with van der Waals surface area (Å²) in [5, 5.41) is 0. The molecule has 2 rings (SSSR count). The number of aryl methyl sites for hydroxylation is 1. The Kier molecular flexibility index (Phi) is 3.99. The van der Waals surface area contributed by atoms with E-state index in [0.29, 0.717) is 22.8 Å². The van der Waals surface area contributed by atoms with Crippen LogP contribution in [0.15, 0.2) is 30.3 Å². The van der Waals surface area contributed by atoms with Gasteiger partial charge in [0.25, 0.3) is 5.91 Å². The van der Waals surface area contributed by atoms with Gasteiger partial charge in [-0.05, 0) is 31.2 Å². The van der Waals surface area contributed by atoms with Crippen LogP contribution in [0.3, 0.4) is 0 Å². The van der Waals surface area contributed by atoms with Crippen molar-refractivity contribution in [2.75, 3.05) is 18.3 Å². The number of nitrogens with one attached hydrogen (secondary N) is 2. The van der Waals surface area contributed by atoms with Crippen LogP contribution in [0.25, 0.3) is 0 Å². The number of methoxy groups -OCH3 is 1. The number of nitrogens with zero attached hydrogens (tertiary/aromatic N) is 2. The fourth-order valence-corrected chi connectivity index (χ4v) is 1.58. The fraction of sp³-hybridized carbons (Fsp3) is 0.154. The average molecular weight is 273 g/mol. The Balaban J connectivity index is 2.00. The molecule has 1 amide bonds. The first kappa shape index (κ1) is 13.6. The third kappa shape index (κ3) is 3.35. The van der Waals surface area contributed by atoms with Crippen LogP contribution >= 0.6 is 0 Å². The lowest BCUT2D eigenvalue weighted by molar-refractivity contribution is 0.0962. The van der Waals surface area contributed by atoms with Crippen LogP contribution in [-0.2, 0) is 0 Å². The Morgan fingerprint density at radius 1 is 1.25 bits per heavy atom.